The summed E-state index contributed by atoms with van der Waals surface area (Å²) in [5.74, 6) is -1.30. The second-order valence-corrected chi connectivity index (χ2v) is 9.16. The summed E-state index contributed by atoms with van der Waals surface area (Å²) in [6.07, 6.45) is 0. The van der Waals surface area contributed by atoms with Crippen LogP contribution in [0.5, 0.6) is 17.2 Å². The molecule has 0 fully saturated rings. The minimum Gasteiger partial charge on any atom is -0.504 e. The Labute approximate surface area is 223 Å². The maximum atomic E-state index is 13.8. The lowest BCUT2D eigenvalue weighted by molar-refractivity contribution is -0.130. The Balaban J connectivity index is 1.60. The van der Waals surface area contributed by atoms with E-state index in [2.05, 4.69) is 0 Å². The molecule has 3 aromatic carbocycles. The van der Waals surface area contributed by atoms with Crippen molar-refractivity contribution in [2.45, 2.75) is 19.5 Å². The first kappa shape index (κ1) is 25.2. The van der Waals surface area contributed by atoms with Gasteiger partial charge in [-0.3, -0.25) is 9.59 Å². The van der Waals surface area contributed by atoms with E-state index in [1.54, 1.807) is 68.6 Å². The van der Waals surface area contributed by atoms with Crippen molar-refractivity contribution in [3.63, 3.8) is 0 Å². The molecule has 38 heavy (non-hydrogen) atoms. The monoisotopic (exact) mass is 533 g/mol. The molecule has 5 rings (SSSR count). The van der Waals surface area contributed by atoms with Gasteiger partial charge in [0.1, 0.15) is 11.3 Å². The number of carbonyl (C=O) groups excluding carboxylic acids is 2. The maximum absolute atomic E-state index is 13.8. The molecule has 194 valence electrons. The first-order valence-corrected chi connectivity index (χ1v) is 12.2. The number of hydrogen-bond acceptors (Lipinski definition) is 7. The molecular formula is C29H24ClNO7. The number of methoxy groups -OCH3 is 1. The summed E-state index contributed by atoms with van der Waals surface area (Å²) < 4.78 is 16.5. The van der Waals surface area contributed by atoms with Crippen molar-refractivity contribution in [1.82, 2.24) is 4.90 Å². The highest BCUT2D eigenvalue weighted by molar-refractivity contribution is 6.31. The van der Waals surface area contributed by atoms with Gasteiger partial charge in [-0.15, -0.1) is 0 Å². The Hall–Kier alpha value is -4.43. The number of aromatic hydroxyl groups is 1. The van der Waals surface area contributed by atoms with Crippen LogP contribution >= 0.6 is 11.6 Å². The van der Waals surface area contributed by atoms with E-state index in [-0.39, 0.29) is 29.4 Å². The molecule has 9 heteroatoms. The van der Waals surface area contributed by atoms with E-state index in [0.717, 1.165) is 5.56 Å². The third-order valence-corrected chi connectivity index (χ3v) is 6.60. The average Bonchev–Trinajstić information content (AvgIpc) is 3.44. The van der Waals surface area contributed by atoms with Gasteiger partial charge in [0.25, 0.3) is 5.91 Å². The van der Waals surface area contributed by atoms with Gasteiger partial charge in [-0.1, -0.05) is 29.8 Å². The molecule has 0 bridgehead atoms. The summed E-state index contributed by atoms with van der Waals surface area (Å²) in [5.41, 5.74) is 1.53. The molecule has 1 aliphatic rings. The minimum atomic E-state index is -0.978. The van der Waals surface area contributed by atoms with Gasteiger partial charge in [0.15, 0.2) is 23.0 Å². The van der Waals surface area contributed by atoms with Crippen molar-refractivity contribution in [2.24, 2.45) is 0 Å². The van der Waals surface area contributed by atoms with Gasteiger partial charge in [0.05, 0.1) is 25.3 Å². The molecule has 4 aromatic rings. The second-order valence-electron chi connectivity index (χ2n) is 8.73. The number of phenols is 1. The fourth-order valence-electron chi connectivity index (χ4n) is 4.55. The lowest BCUT2D eigenvalue weighted by Gasteiger charge is -2.27. The van der Waals surface area contributed by atoms with Crippen LogP contribution in [0.1, 0.15) is 34.6 Å². The summed E-state index contributed by atoms with van der Waals surface area (Å²) in [5, 5.41) is 22.3. The number of Topliss-reactive ketones (excluding diaryl/α,β-unsaturated/α-hetero) is 1. The van der Waals surface area contributed by atoms with Crippen LogP contribution in [0.2, 0.25) is 5.02 Å². The van der Waals surface area contributed by atoms with Crippen molar-refractivity contribution in [3.05, 3.63) is 100.0 Å². The van der Waals surface area contributed by atoms with Crippen LogP contribution in [0.15, 0.2) is 82.5 Å². The average molecular weight is 534 g/mol. The number of phenolic OH excluding ortho intramolecular Hbond substituents is 1. The van der Waals surface area contributed by atoms with Crippen LogP contribution in [-0.4, -0.2) is 40.5 Å². The maximum Gasteiger partial charge on any atom is 0.290 e. The first-order valence-electron chi connectivity index (χ1n) is 11.9. The van der Waals surface area contributed by atoms with Crippen LogP contribution in [0.25, 0.3) is 11.0 Å². The Bertz CT molecular complexity index is 1570. The lowest BCUT2D eigenvalue weighted by Crippen LogP contribution is -2.30. The summed E-state index contributed by atoms with van der Waals surface area (Å²) >= 11 is 6.08. The molecule has 2 N–H and O–H groups in total. The van der Waals surface area contributed by atoms with E-state index >= 15 is 0 Å². The lowest BCUT2D eigenvalue weighted by atomic mass is 9.94. The van der Waals surface area contributed by atoms with Crippen LogP contribution in [-0.2, 0) is 11.3 Å². The zero-order valence-corrected chi connectivity index (χ0v) is 21.4. The molecule has 2 heterocycles. The van der Waals surface area contributed by atoms with E-state index in [1.165, 1.54) is 17.0 Å². The Morgan fingerprint density at radius 2 is 1.82 bits per heavy atom. The molecule has 0 radical (unpaired) electrons. The summed E-state index contributed by atoms with van der Waals surface area (Å²) in [6, 6.07) is 17.2. The van der Waals surface area contributed by atoms with Gasteiger partial charge in [-0.05, 0) is 66.6 Å². The van der Waals surface area contributed by atoms with Gasteiger partial charge in [-0.2, -0.15) is 0 Å². The molecule has 1 amide bonds. The molecule has 0 aliphatic carbocycles. The van der Waals surface area contributed by atoms with Crippen molar-refractivity contribution < 1.29 is 33.7 Å². The molecule has 1 unspecified atom stereocenters. The Kier molecular flexibility index (Phi) is 6.73. The highest BCUT2D eigenvalue weighted by Gasteiger charge is 2.44. The highest BCUT2D eigenvalue weighted by Crippen LogP contribution is 2.43. The minimum absolute atomic E-state index is 0.0447. The molecular weight excluding hydrogens is 510 g/mol. The van der Waals surface area contributed by atoms with Crippen LogP contribution in [0.4, 0.5) is 0 Å². The number of halogens is 1. The molecule has 1 aliphatic heterocycles. The van der Waals surface area contributed by atoms with E-state index in [1.807, 2.05) is 0 Å². The van der Waals surface area contributed by atoms with Crippen molar-refractivity contribution in [3.8, 4) is 17.2 Å². The van der Waals surface area contributed by atoms with Gasteiger partial charge >= 0.3 is 0 Å². The van der Waals surface area contributed by atoms with E-state index in [4.69, 9.17) is 25.5 Å². The Morgan fingerprint density at radius 3 is 2.53 bits per heavy atom. The van der Waals surface area contributed by atoms with Crippen molar-refractivity contribution >= 4 is 34.3 Å². The third-order valence-electron chi connectivity index (χ3n) is 6.36. The SMILES string of the molecule is CCOc1cc(C2C(C(=O)c3cc4cc(Cl)ccc4o3)=C(O)C(=O)N2Cc2ccc(OC)cc2)ccc1O. The molecule has 1 atom stereocenters. The molecule has 0 saturated carbocycles. The molecule has 1 aromatic heterocycles. The number of amides is 1. The molecule has 8 nitrogen and oxygen atoms in total. The molecule has 0 spiro atoms. The first-order chi connectivity index (χ1) is 18.3. The van der Waals surface area contributed by atoms with E-state index in [9.17, 15) is 19.8 Å². The van der Waals surface area contributed by atoms with Crippen LogP contribution in [0.3, 0.4) is 0 Å². The quantitative estimate of drug-likeness (QED) is 0.268. The number of hydrogen-bond donors (Lipinski definition) is 2. The number of fused-ring (bicyclic) bond motifs is 1. The zero-order valence-electron chi connectivity index (χ0n) is 20.6. The fraction of sp³-hybridized carbons (Fsp3) is 0.172. The number of aliphatic hydroxyl groups is 1. The fourth-order valence-corrected chi connectivity index (χ4v) is 4.73. The summed E-state index contributed by atoms with van der Waals surface area (Å²) in [6.45, 7) is 2.16. The number of carbonyl (C=O) groups is 2. The van der Waals surface area contributed by atoms with E-state index in [0.29, 0.717) is 33.9 Å². The number of ketones is 1. The smallest absolute Gasteiger partial charge is 0.290 e. The van der Waals surface area contributed by atoms with Crippen molar-refractivity contribution in [2.75, 3.05) is 13.7 Å². The predicted molar refractivity (Wildman–Crippen MR) is 141 cm³/mol. The number of ether oxygens (including phenoxy) is 2. The number of nitrogens with zero attached hydrogens (tertiary/aromatic N) is 1. The largest absolute Gasteiger partial charge is 0.504 e. The van der Waals surface area contributed by atoms with Gasteiger partial charge in [0.2, 0.25) is 5.78 Å². The zero-order chi connectivity index (χ0) is 27.0. The number of rotatable bonds is 8. The normalized spacial score (nSPS) is 15.4. The predicted octanol–water partition coefficient (Wildman–Crippen LogP) is 5.98. The number of benzene rings is 3. The van der Waals surface area contributed by atoms with Crippen LogP contribution < -0.4 is 9.47 Å². The second kappa shape index (κ2) is 10.1. The van der Waals surface area contributed by atoms with Gasteiger partial charge in [0, 0.05) is 17.0 Å². The van der Waals surface area contributed by atoms with Crippen LogP contribution in [0, 0.1) is 0 Å². The number of aliphatic hydroxyl groups excluding tert-OH is 1. The van der Waals surface area contributed by atoms with Gasteiger partial charge < -0.3 is 29.0 Å². The summed E-state index contributed by atoms with van der Waals surface area (Å²) in [7, 11) is 1.56. The number of furan rings is 1. The standard InChI is InChI=1S/C29H24ClNO7/c1-3-37-23-13-17(6-10-21(23)32)26-25(27(33)24-14-18-12-19(30)7-11-22(18)38-24)28(34)29(35)31(26)15-16-4-8-20(36-2)9-5-16/h4-14,26,32,34H,3,15H2,1-2H3. The van der Waals surface area contributed by atoms with Crippen molar-refractivity contribution in [1.29, 1.82) is 0 Å². The highest BCUT2D eigenvalue weighted by atomic mass is 35.5. The summed E-state index contributed by atoms with van der Waals surface area (Å²) in [4.78, 5) is 28.5. The topological polar surface area (TPSA) is 109 Å². The molecule has 0 saturated heterocycles. The Morgan fingerprint density at radius 1 is 1.05 bits per heavy atom. The van der Waals surface area contributed by atoms with Gasteiger partial charge in [-0.25, -0.2) is 0 Å². The van der Waals surface area contributed by atoms with E-state index < -0.39 is 23.5 Å². The third kappa shape index (κ3) is 4.54.